The molecule has 0 aromatic heterocycles. The lowest BCUT2D eigenvalue weighted by Crippen LogP contribution is -2.31. The van der Waals surface area contributed by atoms with Gasteiger partial charge in [0.1, 0.15) is 0 Å². The van der Waals surface area contributed by atoms with E-state index in [4.69, 9.17) is 16.3 Å². The Labute approximate surface area is 98.4 Å². The van der Waals surface area contributed by atoms with E-state index in [2.05, 4.69) is 0 Å². The van der Waals surface area contributed by atoms with Gasteiger partial charge in [-0.3, -0.25) is 9.59 Å². The second-order valence-electron chi connectivity index (χ2n) is 4.11. The number of hydrogen-bond donors (Lipinski definition) is 0. The fourth-order valence-electron chi connectivity index (χ4n) is 2.15. The lowest BCUT2D eigenvalue weighted by molar-refractivity contribution is -0.146. The summed E-state index contributed by atoms with van der Waals surface area (Å²) in [6.07, 6.45) is 0.148. The fraction of sp³-hybridized carbons (Fsp3) is 0.333. The summed E-state index contributed by atoms with van der Waals surface area (Å²) >= 11 is 5.83. The molecule has 4 heteroatoms. The molecule has 1 aromatic carbocycles. The normalized spacial score (nSPS) is 23.1. The summed E-state index contributed by atoms with van der Waals surface area (Å²) in [5, 5.41) is 0.501. The molecule has 0 saturated heterocycles. The minimum Gasteiger partial charge on any atom is -0.468 e. The minimum atomic E-state index is -0.869. The van der Waals surface area contributed by atoms with Crippen molar-refractivity contribution in [1.82, 2.24) is 0 Å². The lowest BCUT2D eigenvalue weighted by atomic mass is 9.84. The van der Waals surface area contributed by atoms with E-state index in [0.717, 1.165) is 0 Å². The molecule has 0 fully saturated rings. The maximum absolute atomic E-state index is 11.8. The highest BCUT2D eigenvalue weighted by Gasteiger charge is 2.46. The Morgan fingerprint density at radius 3 is 2.81 bits per heavy atom. The van der Waals surface area contributed by atoms with Gasteiger partial charge in [-0.2, -0.15) is 0 Å². The summed E-state index contributed by atoms with van der Waals surface area (Å²) in [4.78, 5) is 23.5. The van der Waals surface area contributed by atoms with Gasteiger partial charge in [-0.15, -0.1) is 0 Å². The van der Waals surface area contributed by atoms with Gasteiger partial charge >= 0.3 is 5.97 Å². The largest absolute Gasteiger partial charge is 0.468 e. The third-order valence-electron chi connectivity index (χ3n) is 3.03. The number of carbonyl (C=O) groups is 2. The van der Waals surface area contributed by atoms with Crippen molar-refractivity contribution in [1.29, 1.82) is 0 Å². The molecule has 1 atom stereocenters. The number of ether oxygens (including phenoxy) is 1. The standard InChI is InChI=1S/C12H11ClO3/c1-12(11(15)16-2)6-10(14)8-5-7(13)3-4-9(8)12/h3-5H,6H2,1-2H3/t12-/m0/s1. The van der Waals surface area contributed by atoms with Gasteiger partial charge in [-0.05, 0) is 24.6 Å². The van der Waals surface area contributed by atoms with Crippen molar-refractivity contribution in [3.05, 3.63) is 34.3 Å². The van der Waals surface area contributed by atoms with Crippen LogP contribution in [0.5, 0.6) is 0 Å². The number of hydrogen-bond acceptors (Lipinski definition) is 3. The highest BCUT2D eigenvalue weighted by atomic mass is 35.5. The van der Waals surface area contributed by atoms with Crippen LogP contribution < -0.4 is 0 Å². The number of rotatable bonds is 1. The van der Waals surface area contributed by atoms with Crippen LogP contribution in [-0.2, 0) is 14.9 Å². The molecule has 1 aromatic rings. The number of ketones is 1. The van der Waals surface area contributed by atoms with Gasteiger partial charge < -0.3 is 4.74 Å². The van der Waals surface area contributed by atoms with Crippen LogP contribution in [0.2, 0.25) is 5.02 Å². The smallest absolute Gasteiger partial charge is 0.316 e. The van der Waals surface area contributed by atoms with Crippen molar-refractivity contribution in [2.75, 3.05) is 7.11 Å². The van der Waals surface area contributed by atoms with E-state index >= 15 is 0 Å². The summed E-state index contributed by atoms with van der Waals surface area (Å²) < 4.78 is 4.75. The minimum absolute atomic E-state index is 0.0644. The molecule has 3 nitrogen and oxygen atoms in total. The first-order valence-corrected chi connectivity index (χ1v) is 5.28. The van der Waals surface area contributed by atoms with Crippen molar-refractivity contribution in [3.8, 4) is 0 Å². The summed E-state index contributed by atoms with van der Waals surface area (Å²) in [5.41, 5.74) is 0.361. The Kier molecular flexibility index (Phi) is 2.50. The zero-order valence-corrected chi connectivity index (χ0v) is 9.80. The number of esters is 1. The van der Waals surface area contributed by atoms with E-state index in [9.17, 15) is 9.59 Å². The molecule has 84 valence electrons. The highest BCUT2D eigenvalue weighted by molar-refractivity contribution is 6.31. The van der Waals surface area contributed by atoms with Crippen molar-refractivity contribution in [3.63, 3.8) is 0 Å². The van der Waals surface area contributed by atoms with Crippen LogP contribution in [0.15, 0.2) is 18.2 Å². The summed E-state index contributed by atoms with van der Waals surface area (Å²) in [6, 6.07) is 5.01. The third-order valence-corrected chi connectivity index (χ3v) is 3.26. The number of methoxy groups -OCH3 is 1. The molecule has 0 heterocycles. The van der Waals surface area contributed by atoms with Gasteiger partial charge in [0, 0.05) is 17.0 Å². The zero-order chi connectivity index (χ0) is 11.9. The van der Waals surface area contributed by atoms with Gasteiger partial charge in [0.25, 0.3) is 0 Å². The second kappa shape index (κ2) is 3.59. The molecule has 16 heavy (non-hydrogen) atoms. The Morgan fingerprint density at radius 2 is 2.19 bits per heavy atom. The molecule has 0 bridgehead atoms. The maximum atomic E-state index is 11.8. The van der Waals surface area contributed by atoms with Crippen LogP contribution in [0, 0.1) is 0 Å². The van der Waals surface area contributed by atoms with Crippen molar-refractivity contribution >= 4 is 23.4 Å². The SMILES string of the molecule is COC(=O)[C@@]1(C)CC(=O)c2cc(Cl)ccc21. The Morgan fingerprint density at radius 1 is 1.50 bits per heavy atom. The van der Waals surface area contributed by atoms with Crippen LogP contribution in [0.25, 0.3) is 0 Å². The number of halogens is 1. The summed E-state index contributed by atoms with van der Waals surface area (Å²) in [7, 11) is 1.33. The average molecular weight is 239 g/mol. The number of benzene rings is 1. The first-order valence-electron chi connectivity index (χ1n) is 4.90. The molecule has 0 unspecified atom stereocenters. The predicted molar refractivity (Wildman–Crippen MR) is 59.8 cm³/mol. The molecule has 0 N–H and O–H groups in total. The van der Waals surface area contributed by atoms with Gasteiger partial charge in [0.2, 0.25) is 0 Å². The number of Topliss-reactive ketones (excluding diaryl/α,β-unsaturated/α-hetero) is 1. The van der Waals surface area contributed by atoms with Crippen molar-refractivity contribution < 1.29 is 14.3 Å². The summed E-state index contributed by atoms with van der Waals surface area (Å²) in [5.74, 6) is -0.452. The average Bonchev–Trinajstić information content (AvgIpc) is 2.51. The molecule has 1 aliphatic carbocycles. The van der Waals surface area contributed by atoms with E-state index in [1.54, 1.807) is 25.1 Å². The molecule has 0 amide bonds. The lowest BCUT2D eigenvalue weighted by Gasteiger charge is -2.20. The molecule has 1 aliphatic rings. The van der Waals surface area contributed by atoms with E-state index in [0.29, 0.717) is 16.1 Å². The Bertz CT molecular complexity index is 481. The monoisotopic (exact) mass is 238 g/mol. The quantitative estimate of drug-likeness (QED) is 0.706. The fourth-order valence-corrected chi connectivity index (χ4v) is 2.32. The van der Waals surface area contributed by atoms with Gasteiger partial charge in [-0.25, -0.2) is 0 Å². The van der Waals surface area contributed by atoms with Crippen LogP contribution in [-0.4, -0.2) is 18.9 Å². The Balaban J connectivity index is 2.59. The molecule has 2 rings (SSSR count). The first-order chi connectivity index (χ1) is 7.49. The van der Waals surface area contributed by atoms with Gasteiger partial charge in [0.05, 0.1) is 12.5 Å². The zero-order valence-electron chi connectivity index (χ0n) is 9.04. The summed E-state index contributed by atoms with van der Waals surface area (Å²) in [6.45, 7) is 1.72. The third kappa shape index (κ3) is 1.43. The van der Waals surface area contributed by atoms with Crippen LogP contribution >= 0.6 is 11.6 Å². The van der Waals surface area contributed by atoms with E-state index in [1.165, 1.54) is 7.11 Å². The number of fused-ring (bicyclic) bond motifs is 1. The van der Waals surface area contributed by atoms with Crippen molar-refractivity contribution in [2.24, 2.45) is 0 Å². The first kappa shape index (κ1) is 11.1. The Hall–Kier alpha value is -1.35. The van der Waals surface area contributed by atoms with Crippen LogP contribution in [0.3, 0.4) is 0 Å². The van der Waals surface area contributed by atoms with Crippen molar-refractivity contribution in [2.45, 2.75) is 18.8 Å². The molecule has 0 radical (unpaired) electrons. The molecule has 0 saturated carbocycles. The van der Waals surface area contributed by atoms with Crippen LogP contribution in [0.4, 0.5) is 0 Å². The molecule has 0 spiro atoms. The molecular weight excluding hydrogens is 228 g/mol. The predicted octanol–water partition coefficient (Wildman–Crippen LogP) is 2.36. The van der Waals surface area contributed by atoms with E-state index < -0.39 is 5.41 Å². The van der Waals surface area contributed by atoms with E-state index in [-0.39, 0.29) is 18.2 Å². The topological polar surface area (TPSA) is 43.4 Å². The second-order valence-corrected chi connectivity index (χ2v) is 4.55. The highest BCUT2D eigenvalue weighted by Crippen LogP contribution is 2.40. The van der Waals surface area contributed by atoms with Gasteiger partial charge in [-0.1, -0.05) is 17.7 Å². The van der Waals surface area contributed by atoms with E-state index in [1.807, 2.05) is 0 Å². The van der Waals surface area contributed by atoms with Gasteiger partial charge in [0.15, 0.2) is 5.78 Å². The maximum Gasteiger partial charge on any atom is 0.316 e. The molecular formula is C12H11ClO3. The molecule has 0 aliphatic heterocycles. The number of carbonyl (C=O) groups excluding carboxylic acids is 2. The van der Waals surface area contributed by atoms with Crippen LogP contribution in [0.1, 0.15) is 29.3 Å².